The van der Waals surface area contributed by atoms with Crippen molar-refractivity contribution in [3.8, 4) is 56.0 Å². The van der Waals surface area contributed by atoms with Crippen LogP contribution in [0.3, 0.4) is 0 Å². The average Bonchev–Trinajstić information content (AvgIpc) is 1.52. The molecule has 3 radical (unpaired) electrons. The van der Waals surface area contributed by atoms with Crippen LogP contribution in [0.25, 0.3) is 99.6 Å². The molecule has 98 heavy (non-hydrogen) atoms. The first-order valence-electron chi connectivity index (χ1n) is 32.9. The van der Waals surface area contributed by atoms with Gasteiger partial charge in [-0.2, -0.15) is 0 Å². The zero-order valence-corrected chi connectivity index (χ0v) is 57.4. The van der Waals surface area contributed by atoms with E-state index in [2.05, 4.69) is 368 Å². The van der Waals surface area contributed by atoms with E-state index < -0.39 is 5.41 Å². The second-order valence-corrected chi connectivity index (χ2v) is 24.4. The van der Waals surface area contributed by atoms with Gasteiger partial charge in [0.15, 0.2) is 0 Å². The minimum atomic E-state index is -0.401. The number of hydrogen-bond donors (Lipinski definition) is 0. The van der Waals surface area contributed by atoms with Crippen LogP contribution in [0.5, 0.6) is 0 Å². The molecule has 1 unspecified atom stereocenters. The normalized spacial score (nSPS) is 11.6. The van der Waals surface area contributed by atoms with E-state index >= 15 is 0 Å². The van der Waals surface area contributed by atoms with E-state index in [1.807, 2.05) is 42.5 Å². The fraction of sp³-hybridized carbons (Fsp3) is 0.0220. The van der Waals surface area contributed by atoms with Gasteiger partial charge in [0.2, 0.25) is 0 Å². The molecule has 0 spiro atoms. The van der Waals surface area contributed by atoms with Gasteiger partial charge in [0.1, 0.15) is 0 Å². The van der Waals surface area contributed by atoms with Crippen LogP contribution in [0.2, 0.25) is 0 Å². The molecule has 0 N–H and O–H groups in total. The van der Waals surface area contributed by atoms with E-state index in [0.29, 0.717) is 6.06 Å². The average molecular weight is 1450 g/mol. The summed E-state index contributed by atoms with van der Waals surface area (Å²) in [4.78, 5) is 6.56. The third-order valence-electron chi connectivity index (χ3n) is 18.4. The van der Waals surface area contributed by atoms with Gasteiger partial charge in [-0.15, -0.1) is 45.1 Å². The van der Waals surface area contributed by atoms with E-state index in [1.54, 1.807) is 6.20 Å². The SMILES string of the molecule is [B]CP.[Ir].[c-]1ccccc1-c1ccccn1.c1ccc(-c2ccc(N(c3ccccc3)c3ccc(C4(c5ccccc5)c5ccccc5-c5ccccc54)cc3)cc2)cc1.c1ccc2c(c1)c1ccccc1n2-c1ccc(-c2ccc(-n3c4ccccc4c4ccccc43)cc2)cc1. The summed E-state index contributed by atoms with van der Waals surface area (Å²) >= 11 is 0. The Morgan fingerprint density at radius 1 is 0.337 bits per heavy atom. The van der Waals surface area contributed by atoms with Crippen molar-refractivity contribution in [3.05, 3.63) is 411 Å². The molecule has 3 heterocycles. The number of benzene rings is 14. The van der Waals surface area contributed by atoms with Crippen molar-refractivity contribution in [1.82, 2.24) is 14.1 Å². The van der Waals surface area contributed by atoms with Crippen molar-refractivity contribution in [2.75, 3.05) is 11.0 Å². The van der Waals surface area contributed by atoms with Gasteiger partial charge in [0.25, 0.3) is 0 Å². The Balaban J connectivity index is 0.000000138. The number of para-hydroxylation sites is 5. The molecule has 1 aliphatic rings. The maximum Gasteiger partial charge on any atom is 0.0713 e. The number of anilines is 3. The molecule has 0 saturated carbocycles. The molecule has 0 bridgehead atoms. The van der Waals surface area contributed by atoms with Gasteiger partial charge in [-0.05, 0) is 152 Å². The van der Waals surface area contributed by atoms with Crippen LogP contribution >= 0.6 is 9.24 Å². The molecule has 0 saturated heterocycles. The molecule has 4 nitrogen and oxygen atoms in total. The maximum atomic E-state index is 4.81. The Bertz CT molecular complexity index is 5130. The molecule has 3 aromatic heterocycles. The summed E-state index contributed by atoms with van der Waals surface area (Å²) in [7, 11) is 7.17. The van der Waals surface area contributed by atoms with Crippen molar-refractivity contribution in [1.29, 1.82) is 0 Å². The number of rotatable bonds is 10. The van der Waals surface area contributed by atoms with Gasteiger partial charge in [-0.25, -0.2) is 0 Å². The molecule has 18 rings (SSSR count). The number of nitrogens with zero attached hydrogens (tertiary/aromatic N) is 4. The summed E-state index contributed by atoms with van der Waals surface area (Å²) in [6.45, 7) is 0. The van der Waals surface area contributed by atoms with Gasteiger partial charge in [-0.1, -0.05) is 267 Å². The van der Waals surface area contributed by atoms with Crippen LogP contribution in [-0.2, 0) is 25.5 Å². The van der Waals surface area contributed by atoms with Crippen molar-refractivity contribution in [2.24, 2.45) is 0 Å². The van der Waals surface area contributed by atoms with Gasteiger partial charge < -0.3 is 19.0 Å². The second kappa shape index (κ2) is 29.4. The van der Waals surface area contributed by atoms with Crippen LogP contribution in [0.4, 0.5) is 17.1 Å². The van der Waals surface area contributed by atoms with Crippen LogP contribution in [0.15, 0.2) is 382 Å². The van der Waals surface area contributed by atoms with E-state index in [9.17, 15) is 0 Å². The van der Waals surface area contributed by atoms with Crippen molar-refractivity contribution < 1.29 is 20.1 Å². The van der Waals surface area contributed by atoms with Gasteiger partial charge >= 0.3 is 0 Å². The molecular weight excluding hydrogens is 1380 g/mol. The van der Waals surface area contributed by atoms with Crippen LogP contribution in [-0.4, -0.2) is 28.0 Å². The van der Waals surface area contributed by atoms with Crippen molar-refractivity contribution in [3.63, 3.8) is 0 Å². The minimum absolute atomic E-state index is 0. The predicted octanol–water partition coefficient (Wildman–Crippen LogP) is 23.3. The van der Waals surface area contributed by atoms with Gasteiger partial charge in [0.05, 0.1) is 35.3 Å². The van der Waals surface area contributed by atoms with Crippen LogP contribution in [0, 0.1) is 6.07 Å². The summed E-state index contributed by atoms with van der Waals surface area (Å²) in [5.41, 5.74) is 24.9. The molecule has 1 aliphatic carbocycles. The molecule has 14 aromatic carbocycles. The van der Waals surface area contributed by atoms with Crippen LogP contribution < -0.4 is 4.90 Å². The standard InChI is InChI=1S/C43H31N.C36H24N2.C11H8N.CH4BP.Ir/c1-4-14-32(15-5-1)33-24-28-37(29-25-33)44(36-18-8-3-9-19-36)38-30-26-35(27-31-38)43(34-16-6-2-7-17-34)41-22-12-10-20-39(41)40-21-11-13-23-42(40)43;1-5-13-33-29(9-1)30-10-2-6-14-34(30)37(33)27-21-17-25(18-22-27)26-19-23-28(24-20-26)38-35-15-7-3-11-31(35)32-12-4-8-16-36(32)38;1-2-6-10(7-3-1)11-8-4-5-9-12-11;2-1-3;/h1-31H;1-24H;1-6,8-9H;1,3H2;/q;;-1;;. The third kappa shape index (κ3) is 12.4. The van der Waals surface area contributed by atoms with Crippen LogP contribution in [0.1, 0.15) is 22.3 Å². The topological polar surface area (TPSA) is 26.0 Å². The van der Waals surface area contributed by atoms with E-state index in [4.69, 9.17) is 7.85 Å². The van der Waals surface area contributed by atoms with E-state index in [-0.39, 0.29) is 20.1 Å². The summed E-state index contributed by atoms with van der Waals surface area (Å²) in [6, 6.07) is 138. The Morgan fingerprint density at radius 2 is 0.684 bits per heavy atom. The molecule has 0 aliphatic heterocycles. The smallest absolute Gasteiger partial charge is 0.0713 e. The van der Waals surface area contributed by atoms with Gasteiger partial charge in [0, 0.05) is 76.3 Å². The Hall–Kier alpha value is -11.2. The molecular formula is C91H67BIrN4P-. The van der Waals surface area contributed by atoms with Gasteiger partial charge in [-0.3, -0.25) is 0 Å². The molecule has 469 valence electrons. The molecule has 17 aromatic rings. The Morgan fingerprint density at radius 3 is 1.12 bits per heavy atom. The summed E-state index contributed by atoms with van der Waals surface area (Å²) in [5, 5.41) is 5.14. The van der Waals surface area contributed by atoms with Crippen molar-refractivity contribution in [2.45, 2.75) is 5.41 Å². The van der Waals surface area contributed by atoms with Crippen molar-refractivity contribution >= 4 is 77.8 Å². The molecule has 7 heteroatoms. The fourth-order valence-electron chi connectivity index (χ4n) is 14.1. The predicted molar refractivity (Wildman–Crippen MR) is 413 cm³/mol. The summed E-state index contributed by atoms with van der Waals surface area (Å²) < 4.78 is 4.72. The zero-order valence-electron chi connectivity index (χ0n) is 53.9. The first-order valence-corrected chi connectivity index (χ1v) is 33.7. The Labute approximate surface area is 590 Å². The quantitative estimate of drug-likeness (QED) is 0.0775. The number of pyridine rings is 1. The third-order valence-corrected chi connectivity index (χ3v) is 18.4. The largest absolute Gasteiger partial charge is 0.311 e. The second-order valence-electron chi connectivity index (χ2n) is 23.9. The minimum Gasteiger partial charge on any atom is -0.311 e. The number of aromatic nitrogens is 3. The molecule has 0 amide bonds. The number of hydrogen-bond acceptors (Lipinski definition) is 2. The monoisotopic (exact) mass is 1450 g/mol. The van der Waals surface area contributed by atoms with E-state index in [0.717, 1.165) is 28.3 Å². The Kier molecular flexibility index (Phi) is 19.2. The summed E-state index contributed by atoms with van der Waals surface area (Å²) in [5.74, 6) is 0. The van der Waals surface area contributed by atoms with E-state index in [1.165, 1.54) is 111 Å². The first kappa shape index (κ1) is 64.1. The summed E-state index contributed by atoms with van der Waals surface area (Å²) in [6.07, 6.45) is 1.79. The zero-order chi connectivity index (χ0) is 65.3. The first-order chi connectivity index (χ1) is 48.1. The molecule has 0 fully saturated rings. The molecule has 1 atom stereocenters. The number of fused-ring (bicyclic) bond motifs is 9. The fourth-order valence-corrected chi connectivity index (χ4v) is 14.1. The maximum absolute atomic E-state index is 4.81.